The van der Waals surface area contributed by atoms with Crippen LogP contribution in [0.5, 0.6) is 11.5 Å². The van der Waals surface area contributed by atoms with Crippen molar-refractivity contribution in [1.82, 2.24) is 14.9 Å². The molecule has 0 aliphatic carbocycles. The summed E-state index contributed by atoms with van der Waals surface area (Å²) in [4.78, 5) is 38.4. The van der Waals surface area contributed by atoms with Gasteiger partial charge in [-0.25, -0.2) is 9.59 Å². The van der Waals surface area contributed by atoms with Crippen molar-refractivity contribution < 1.29 is 14.3 Å². The Morgan fingerprint density at radius 1 is 1.16 bits per heavy atom. The van der Waals surface area contributed by atoms with Crippen LogP contribution in [-0.4, -0.2) is 29.8 Å². The van der Waals surface area contributed by atoms with Crippen molar-refractivity contribution in [1.29, 1.82) is 0 Å². The maximum Gasteiger partial charge on any atom is 0.329 e. The predicted molar refractivity (Wildman–Crippen MR) is 93.5 cm³/mol. The number of carbonyl (C=O) groups is 1. The zero-order valence-corrected chi connectivity index (χ0v) is 15.2. The van der Waals surface area contributed by atoms with Crippen LogP contribution in [0.1, 0.15) is 17.2 Å². The Labute approximate surface area is 150 Å². The lowest BCUT2D eigenvalue weighted by atomic mass is 9.98. The molecule has 25 heavy (non-hydrogen) atoms. The number of fused-ring (bicyclic) bond motifs is 1. The highest BCUT2D eigenvalue weighted by Crippen LogP contribution is 2.39. The third kappa shape index (κ3) is 2.78. The molecule has 0 unspecified atom stereocenters. The lowest BCUT2D eigenvalue weighted by Gasteiger charge is -2.28. The lowest BCUT2D eigenvalue weighted by Crippen LogP contribution is -2.46. The van der Waals surface area contributed by atoms with E-state index < -0.39 is 23.3 Å². The minimum atomic E-state index is -0.768. The summed E-state index contributed by atoms with van der Waals surface area (Å²) in [6.07, 6.45) is 0. The van der Waals surface area contributed by atoms with Crippen molar-refractivity contribution >= 4 is 27.8 Å². The van der Waals surface area contributed by atoms with E-state index in [2.05, 4.69) is 31.5 Å². The molecule has 1 aromatic carbocycles. The highest BCUT2D eigenvalue weighted by molar-refractivity contribution is 9.10. The molecule has 0 saturated heterocycles. The second-order valence-corrected chi connectivity index (χ2v) is 6.20. The number of ether oxygens (including phenoxy) is 2. The molecule has 0 spiro atoms. The van der Waals surface area contributed by atoms with Gasteiger partial charge >= 0.3 is 11.7 Å². The molecule has 1 aromatic heterocycles. The molecule has 9 nitrogen and oxygen atoms in total. The molecular formula is C15H15BrN4O5. The number of aromatic amines is 1. The molecule has 3 N–H and O–H groups in total. The van der Waals surface area contributed by atoms with Crippen LogP contribution in [0, 0.1) is 0 Å². The summed E-state index contributed by atoms with van der Waals surface area (Å²) in [5, 5.41) is 5.19. The number of halogens is 1. The van der Waals surface area contributed by atoms with E-state index in [1.165, 1.54) is 25.8 Å². The molecule has 132 valence electrons. The van der Waals surface area contributed by atoms with Crippen LogP contribution < -0.4 is 31.4 Å². The molecule has 0 fully saturated rings. The van der Waals surface area contributed by atoms with E-state index in [1.807, 2.05) is 0 Å². The first kappa shape index (κ1) is 17.1. The molecule has 0 radical (unpaired) electrons. The van der Waals surface area contributed by atoms with Gasteiger partial charge in [0.25, 0.3) is 5.56 Å². The van der Waals surface area contributed by atoms with Crippen LogP contribution in [0.4, 0.5) is 10.6 Å². The van der Waals surface area contributed by atoms with E-state index in [4.69, 9.17) is 9.47 Å². The summed E-state index contributed by atoms with van der Waals surface area (Å²) in [5.41, 5.74) is -0.384. The Kier molecular flexibility index (Phi) is 4.29. The molecule has 3 rings (SSSR count). The molecule has 10 heteroatoms. The van der Waals surface area contributed by atoms with Crippen molar-refractivity contribution in [3.63, 3.8) is 0 Å². The SMILES string of the molecule is COc1cc([C@H]2NC(=O)Nc3c2c(=O)[nH]c(=O)n3C)cc(Br)c1OC. The Bertz CT molecular complexity index is 981. The Morgan fingerprint density at radius 2 is 1.88 bits per heavy atom. The van der Waals surface area contributed by atoms with Crippen LogP contribution in [0.3, 0.4) is 0 Å². The van der Waals surface area contributed by atoms with Crippen LogP contribution in [-0.2, 0) is 7.05 Å². The monoisotopic (exact) mass is 410 g/mol. The molecule has 0 bridgehead atoms. The van der Waals surface area contributed by atoms with Gasteiger partial charge in [0.05, 0.1) is 30.3 Å². The zero-order chi connectivity index (χ0) is 18.3. The van der Waals surface area contributed by atoms with E-state index >= 15 is 0 Å². The fourth-order valence-electron chi connectivity index (χ4n) is 2.76. The van der Waals surface area contributed by atoms with E-state index in [0.29, 0.717) is 21.5 Å². The number of H-pyrrole nitrogens is 1. The number of amides is 2. The van der Waals surface area contributed by atoms with Crippen molar-refractivity contribution in [2.24, 2.45) is 7.05 Å². The summed E-state index contributed by atoms with van der Waals surface area (Å²) in [6.45, 7) is 0. The van der Waals surface area contributed by atoms with Gasteiger partial charge in [0.1, 0.15) is 5.82 Å². The molecule has 0 saturated carbocycles. The number of urea groups is 1. The number of nitrogens with zero attached hydrogens (tertiary/aromatic N) is 1. The Hall–Kier alpha value is -2.75. The first-order valence-electron chi connectivity index (χ1n) is 7.19. The number of carbonyl (C=O) groups excluding carboxylic acids is 1. The van der Waals surface area contributed by atoms with Gasteiger partial charge < -0.3 is 14.8 Å². The Balaban J connectivity index is 2.26. The number of rotatable bonds is 3. The number of hydrogen-bond donors (Lipinski definition) is 3. The van der Waals surface area contributed by atoms with Gasteiger partial charge in [0.2, 0.25) is 0 Å². The quantitative estimate of drug-likeness (QED) is 0.700. The second kappa shape index (κ2) is 6.28. The highest BCUT2D eigenvalue weighted by Gasteiger charge is 2.31. The largest absolute Gasteiger partial charge is 0.493 e. The summed E-state index contributed by atoms with van der Waals surface area (Å²) in [7, 11) is 4.45. The van der Waals surface area contributed by atoms with Gasteiger partial charge in [-0.3, -0.25) is 19.7 Å². The van der Waals surface area contributed by atoms with Crippen molar-refractivity contribution in [2.75, 3.05) is 19.5 Å². The number of hydrogen-bond acceptors (Lipinski definition) is 5. The molecule has 1 atom stereocenters. The number of benzene rings is 1. The molecule has 2 amide bonds. The maximum atomic E-state index is 12.4. The van der Waals surface area contributed by atoms with Gasteiger partial charge in [-0.1, -0.05) is 0 Å². The van der Waals surface area contributed by atoms with Gasteiger partial charge in [0.15, 0.2) is 11.5 Å². The number of nitrogens with one attached hydrogen (secondary N) is 3. The minimum absolute atomic E-state index is 0.147. The van der Waals surface area contributed by atoms with Crippen LogP contribution in [0.15, 0.2) is 26.2 Å². The highest BCUT2D eigenvalue weighted by atomic mass is 79.9. The molecule has 1 aliphatic rings. The first-order chi connectivity index (χ1) is 11.9. The molecule has 2 heterocycles. The van der Waals surface area contributed by atoms with Crippen molar-refractivity contribution in [3.8, 4) is 11.5 Å². The van der Waals surface area contributed by atoms with Crippen LogP contribution in [0.25, 0.3) is 0 Å². The van der Waals surface area contributed by atoms with Crippen molar-refractivity contribution in [2.45, 2.75) is 6.04 Å². The van der Waals surface area contributed by atoms with E-state index in [0.717, 1.165) is 0 Å². The van der Waals surface area contributed by atoms with Crippen LogP contribution in [0.2, 0.25) is 0 Å². The number of aromatic nitrogens is 2. The van der Waals surface area contributed by atoms with Gasteiger partial charge in [-0.15, -0.1) is 0 Å². The number of anilines is 1. The fraction of sp³-hybridized carbons (Fsp3) is 0.267. The van der Waals surface area contributed by atoms with Crippen LogP contribution >= 0.6 is 15.9 Å². The molecule has 1 aliphatic heterocycles. The average Bonchev–Trinajstić information content (AvgIpc) is 2.58. The van der Waals surface area contributed by atoms with E-state index in [1.54, 1.807) is 12.1 Å². The third-order valence-electron chi connectivity index (χ3n) is 3.95. The summed E-state index contributed by atoms with van der Waals surface area (Å²) in [5.74, 6) is 1.07. The van der Waals surface area contributed by atoms with Gasteiger partial charge in [0, 0.05) is 7.05 Å². The van der Waals surface area contributed by atoms with Gasteiger partial charge in [-0.2, -0.15) is 0 Å². The topological polar surface area (TPSA) is 114 Å². The lowest BCUT2D eigenvalue weighted by molar-refractivity contribution is 0.248. The number of methoxy groups -OCH3 is 2. The predicted octanol–water partition coefficient (Wildman–Crippen LogP) is 1.08. The smallest absolute Gasteiger partial charge is 0.329 e. The first-order valence-corrected chi connectivity index (χ1v) is 7.98. The van der Waals surface area contributed by atoms with Gasteiger partial charge in [-0.05, 0) is 33.6 Å². The summed E-state index contributed by atoms with van der Waals surface area (Å²) in [6, 6.07) is 2.08. The summed E-state index contributed by atoms with van der Waals surface area (Å²) >= 11 is 3.39. The maximum absolute atomic E-state index is 12.4. The summed E-state index contributed by atoms with van der Waals surface area (Å²) < 4.78 is 12.4. The second-order valence-electron chi connectivity index (χ2n) is 5.35. The molecule has 2 aromatic rings. The molecular weight excluding hydrogens is 396 g/mol. The minimum Gasteiger partial charge on any atom is -0.493 e. The normalized spacial score (nSPS) is 15.8. The van der Waals surface area contributed by atoms with E-state index in [9.17, 15) is 14.4 Å². The van der Waals surface area contributed by atoms with E-state index in [-0.39, 0.29) is 11.4 Å². The van der Waals surface area contributed by atoms with Crippen molar-refractivity contribution in [3.05, 3.63) is 48.6 Å². The average molecular weight is 411 g/mol. The third-order valence-corrected chi connectivity index (χ3v) is 4.53. The zero-order valence-electron chi connectivity index (χ0n) is 13.6. The standard InChI is InChI=1S/C15H15BrN4O5/c1-20-12-9(13(21)19-15(20)23)10(17-14(22)18-12)6-4-7(16)11(25-3)8(5-6)24-2/h4-5,10H,1-3H3,(H2,17,18,22)(H,19,21,23)/t10-/m1/s1. The fourth-order valence-corrected chi connectivity index (χ4v) is 3.38. The Morgan fingerprint density at radius 3 is 2.52 bits per heavy atom.